The Kier molecular flexibility index (Phi) is 5.93. The molecule has 174 valence electrons. The van der Waals surface area contributed by atoms with Crippen molar-refractivity contribution in [2.24, 2.45) is 11.7 Å². The highest BCUT2D eigenvalue weighted by Gasteiger charge is 2.31. The number of nitrogens with two attached hydrogens (primary N) is 1. The molecular weight excluding hydrogens is 418 g/mol. The predicted octanol–water partition coefficient (Wildman–Crippen LogP) is 2.96. The van der Waals surface area contributed by atoms with Gasteiger partial charge in [0.2, 0.25) is 5.91 Å². The first-order chi connectivity index (χ1) is 16.0. The Morgan fingerprint density at radius 3 is 2.76 bits per heavy atom. The lowest BCUT2D eigenvalue weighted by molar-refractivity contribution is -0.134. The summed E-state index contributed by atoms with van der Waals surface area (Å²) in [6.07, 6.45) is 6.33. The molecule has 2 amide bonds. The number of fused-ring (bicyclic) bond motifs is 1. The zero-order chi connectivity index (χ0) is 22.9. The van der Waals surface area contributed by atoms with E-state index in [0.29, 0.717) is 37.0 Å². The van der Waals surface area contributed by atoms with E-state index in [1.54, 1.807) is 6.07 Å². The number of piperidine rings is 1. The van der Waals surface area contributed by atoms with Gasteiger partial charge in [0.15, 0.2) is 5.69 Å². The fraction of sp³-hybridized carbons (Fsp3) is 0.480. The zero-order valence-electron chi connectivity index (χ0n) is 18.9. The van der Waals surface area contributed by atoms with Crippen molar-refractivity contribution in [2.75, 3.05) is 13.1 Å². The first kappa shape index (κ1) is 21.7. The van der Waals surface area contributed by atoms with E-state index in [1.165, 1.54) is 0 Å². The molecule has 8 heteroatoms. The average molecular weight is 450 g/mol. The summed E-state index contributed by atoms with van der Waals surface area (Å²) in [6.45, 7) is 3.33. The summed E-state index contributed by atoms with van der Waals surface area (Å²) in [7, 11) is 0. The highest BCUT2D eigenvalue weighted by atomic mass is 16.5. The van der Waals surface area contributed by atoms with Crippen LogP contribution in [0.25, 0.3) is 10.9 Å². The molecule has 0 radical (unpaired) electrons. The van der Waals surface area contributed by atoms with Gasteiger partial charge < -0.3 is 25.5 Å². The van der Waals surface area contributed by atoms with E-state index >= 15 is 0 Å². The van der Waals surface area contributed by atoms with Crippen molar-refractivity contribution in [2.45, 2.75) is 57.0 Å². The maximum absolute atomic E-state index is 13.0. The molecule has 1 aromatic carbocycles. The number of rotatable bonds is 7. The Morgan fingerprint density at radius 2 is 2.00 bits per heavy atom. The number of carbonyl (C=O) groups excluding carboxylic acids is 2. The standard InChI is InChI=1S/C25H31N5O3/c1-15(28-24(31)22-13-23(33-29-22)17-6-7-17)16-8-10-30(11-9-16)25(32)20(26)12-18-14-27-21-5-3-2-4-19(18)21/h2-5,13-17,20,27H,6-12,26H2,1H3,(H,28,31)/t15?,20-/m0/s1. The number of amides is 2. The molecule has 3 aromatic rings. The smallest absolute Gasteiger partial charge is 0.273 e. The molecule has 1 unspecified atom stereocenters. The van der Waals surface area contributed by atoms with Crippen LogP contribution in [0.5, 0.6) is 0 Å². The first-order valence-corrected chi connectivity index (χ1v) is 11.9. The average Bonchev–Trinajstić information content (AvgIpc) is 3.42. The largest absolute Gasteiger partial charge is 0.361 e. The third-order valence-corrected chi connectivity index (χ3v) is 7.09. The van der Waals surface area contributed by atoms with Crippen molar-refractivity contribution >= 4 is 22.7 Å². The Labute approximate surface area is 192 Å². The van der Waals surface area contributed by atoms with Crippen LogP contribution < -0.4 is 11.1 Å². The van der Waals surface area contributed by atoms with Crippen molar-refractivity contribution in [3.63, 3.8) is 0 Å². The SMILES string of the molecule is CC(NC(=O)c1cc(C2CC2)on1)C1CCN(C(=O)[C@@H](N)Cc2c[nH]c3ccccc23)CC1. The number of hydrogen-bond acceptors (Lipinski definition) is 5. The number of carbonyl (C=O) groups is 2. The molecule has 0 bridgehead atoms. The van der Waals surface area contributed by atoms with Crippen LogP contribution >= 0.6 is 0 Å². The van der Waals surface area contributed by atoms with Gasteiger partial charge >= 0.3 is 0 Å². The highest BCUT2D eigenvalue weighted by Crippen LogP contribution is 2.40. The van der Waals surface area contributed by atoms with E-state index < -0.39 is 6.04 Å². The number of benzene rings is 1. The summed E-state index contributed by atoms with van der Waals surface area (Å²) in [5.74, 6) is 1.34. The van der Waals surface area contributed by atoms with E-state index in [2.05, 4.69) is 15.5 Å². The van der Waals surface area contributed by atoms with E-state index in [9.17, 15) is 9.59 Å². The van der Waals surface area contributed by atoms with E-state index in [4.69, 9.17) is 10.3 Å². The number of aromatic nitrogens is 2. The molecule has 3 heterocycles. The van der Waals surface area contributed by atoms with Crippen LogP contribution in [0.2, 0.25) is 0 Å². The van der Waals surface area contributed by atoms with Crippen molar-refractivity contribution in [1.82, 2.24) is 20.4 Å². The van der Waals surface area contributed by atoms with Gasteiger partial charge in [0.25, 0.3) is 5.91 Å². The van der Waals surface area contributed by atoms with Gasteiger partial charge in [0.05, 0.1) is 6.04 Å². The Balaban J connectivity index is 1.11. The van der Waals surface area contributed by atoms with Crippen molar-refractivity contribution < 1.29 is 14.1 Å². The van der Waals surface area contributed by atoms with Gasteiger partial charge in [-0.3, -0.25) is 9.59 Å². The van der Waals surface area contributed by atoms with Crippen LogP contribution in [-0.4, -0.2) is 52.0 Å². The molecule has 0 spiro atoms. The minimum Gasteiger partial charge on any atom is -0.361 e. The van der Waals surface area contributed by atoms with Gasteiger partial charge in [-0.15, -0.1) is 0 Å². The predicted molar refractivity (Wildman–Crippen MR) is 125 cm³/mol. The molecule has 1 saturated carbocycles. The van der Waals surface area contributed by atoms with E-state index in [1.807, 2.05) is 42.3 Å². The Bertz CT molecular complexity index is 1140. The van der Waals surface area contributed by atoms with Gasteiger partial charge in [-0.25, -0.2) is 0 Å². The molecule has 5 rings (SSSR count). The second kappa shape index (κ2) is 9.02. The minimum absolute atomic E-state index is 0.00396. The van der Waals surface area contributed by atoms with Crippen molar-refractivity contribution in [3.05, 3.63) is 53.5 Å². The summed E-state index contributed by atoms with van der Waals surface area (Å²) in [5, 5.41) is 8.09. The van der Waals surface area contributed by atoms with E-state index in [-0.39, 0.29) is 17.9 Å². The van der Waals surface area contributed by atoms with Crippen LogP contribution in [0.4, 0.5) is 0 Å². The van der Waals surface area contributed by atoms with Gasteiger partial charge in [-0.05, 0) is 56.6 Å². The number of hydrogen-bond donors (Lipinski definition) is 3. The third-order valence-electron chi connectivity index (χ3n) is 7.09. The van der Waals surface area contributed by atoms with Gasteiger partial charge in [-0.2, -0.15) is 0 Å². The summed E-state index contributed by atoms with van der Waals surface area (Å²) in [6, 6.07) is 9.24. The van der Waals surface area contributed by atoms with Crippen LogP contribution in [-0.2, 0) is 11.2 Å². The Morgan fingerprint density at radius 1 is 1.24 bits per heavy atom. The summed E-state index contributed by atoms with van der Waals surface area (Å²) in [5.41, 5.74) is 8.77. The fourth-order valence-corrected chi connectivity index (χ4v) is 4.83. The number of nitrogens with one attached hydrogen (secondary N) is 2. The molecule has 1 aliphatic carbocycles. The quantitative estimate of drug-likeness (QED) is 0.513. The highest BCUT2D eigenvalue weighted by molar-refractivity contribution is 5.92. The number of para-hydroxylation sites is 1. The molecule has 4 N–H and O–H groups in total. The number of likely N-dealkylation sites (tertiary alicyclic amines) is 1. The summed E-state index contributed by atoms with van der Waals surface area (Å²) in [4.78, 5) is 30.6. The molecule has 33 heavy (non-hydrogen) atoms. The first-order valence-electron chi connectivity index (χ1n) is 11.9. The molecule has 2 atom stereocenters. The van der Waals surface area contributed by atoms with Gasteiger partial charge in [0.1, 0.15) is 5.76 Å². The number of aromatic amines is 1. The maximum atomic E-state index is 13.0. The number of H-pyrrole nitrogens is 1. The molecule has 1 aliphatic heterocycles. The monoisotopic (exact) mass is 449 g/mol. The maximum Gasteiger partial charge on any atom is 0.273 e. The molecule has 8 nitrogen and oxygen atoms in total. The van der Waals surface area contributed by atoms with Gasteiger partial charge in [-0.1, -0.05) is 23.4 Å². The molecule has 1 saturated heterocycles. The lowest BCUT2D eigenvalue weighted by Crippen LogP contribution is -2.50. The van der Waals surface area contributed by atoms with Crippen molar-refractivity contribution in [3.8, 4) is 0 Å². The zero-order valence-corrected chi connectivity index (χ0v) is 18.9. The summed E-state index contributed by atoms with van der Waals surface area (Å²) >= 11 is 0. The van der Waals surface area contributed by atoms with Crippen molar-refractivity contribution in [1.29, 1.82) is 0 Å². The number of nitrogens with zero attached hydrogens (tertiary/aromatic N) is 2. The van der Waals surface area contributed by atoms with Gasteiger partial charge in [0, 0.05) is 48.2 Å². The molecule has 2 aliphatic rings. The molecule has 2 aromatic heterocycles. The molecular formula is C25H31N5O3. The topological polar surface area (TPSA) is 117 Å². The lowest BCUT2D eigenvalue weighted by Gasteiger charge is -2.36. The summed E-state index contributed by atoms with van der Waals surface area (Å²) < 4.78 is 5.29. The van der Waals surface area contributed by atoms with Crippen LogP contribution in [0.15, 0.2) is 41.1 Å². The fourth-order valence-electron chi connectivity index (χ4n) is 4.83. The lowest BCUT2D eigenvalue weighted by atomic mass is 9.89. The third kappa shape index (κ3) is 4.66. The Hall–Kier alpha value is -3.13. The van der Waals surface area contributed by atoms with Crippen LogP contribution in [0.3, 0.4) is 0 Å². The molecule has 2 fully saturated rings. The van der Waals surface area contributed by atoms with E-state index in [0.717, 1.165) is 47.9 Å². The van der Waals surface area contributed by atoms with Crippen LogP contribution in [0, 0.1) is 5.92 Å². The van der Waals surface area contributed by atoms with Crippen LogP contribution in [0.1, 0.15) is 60.3 Å². The second-order valence-corrected chi connectivity index (χ2v) is 9.48. The second-order valence-electron chi connectivity index (χ2n) is 9.48. The normalized spacial score (nSPS) is 18.9. The minimum atomic E-state index is -0.564.